The average Bonchev–Trinajstić information content (AvgIpc) is 2.51. The van der Waals surface area contributed by atoms with Gasteiger partial charge in [-0.3, -0.25) is 9.69 Å². The number of carbonyl (C=O) groups excluding carboxylic acids is 1. The van der Waals surface area contributed by atoms with E-state index >= 15 is 0 Å². The number of hydrogen-bond donors (Lipinski definition) is 1. The van der Waals surface area contributed by atoms with Gasteiger partial charge in [-0.25, -0.2) is 0 Å². The van der Waals surface area contributed by atoms with E-state index in [0.29, 0.717) is 6.54 Å². The molecule has 0 aromatic carbocycles. The van der Waals surface area contributed by atoms with Crippen molar-refractivity contribution in [3.05, 3.63) is 11.8 Å². The Kier molecular flexibility index (Phi) is 6.71. The van der Waals surface area contributed by atoms with Crippen LogP contribution in [0.15, 0.2) is 11.8 Å². The zero-order chi connectivity index (χ0) is 15.1. The van der Waals surface area contributed by atoms with E-state index in [1.54, 1.807) is 0 Å². The highest BCUT2D eigenvalue weighted by molar-refractivity contribution is 5.80. The molecule has 0 aromatic heterocycles. The Balaban J connectivity index is 1.81. The topological polar surface area (TPSA) is 35.6 Å². The molecule has 0 aromatic rings. The van der Waals surface area contributed by atoms with Crippen molar-refractivity contribution in [1.29, 1.82) is 0 Å². The fourth-order valence-corrected chi connectivity index (χ4v) is 3.52. The van der Waals surface area contributed by atoms with E-state index in [0.717, 1.165) is 44.9 Å². The van der Waals surface area contributed by atoms with Crippen molar-refractivity contribution >= 4 is 5.91 Å². The van der Waals surface area contributed by atoms with Crippen molar-refractivity contribution in [3.63, 3.8) is 0 Å². The quantitative estimate of drug-likeness (QED) is 0.816. The lowest BCUT2D eigenvalue weighted by Crippen LogP contribution is -2.44. The number of carbonyl (C=O) groups is 1. The van der Waals surface area contributed by atoms with Gasteiger partial charge in [-0.2, -0.15) is 0 Å². The van der Waals surface area contributed by atoms with Gasteiger partial charge in [-0.05, 0) is 78.0 Å². The fourth-order valence-electron chi connectivity index (χ4n) is 3.52. The third-order valence-electron chi connectivity index (χ3n) is 4.79. The van der Waals surface area contributed by atoms with Crippen LogP contribution in [0, 0.1) is 5.92 Å². The zero-order valence-electron chi connectivity index (χ0n) is 13.7. The molecule has 0 atom stereocenters. The van der Waals surface area contributed by atoms with Gasteiger partial charge in [0.1, 0.15) is 0 Å². The lowest BCUT2D eigenvalue weighted by molar-refractivity contribution is -0.130. The molecule has 0 bridgehead atoms. The van der Waals surface area contributed by atoms with Crippen LogP contribution in [-0.2, 0) is 4.79 Å². The molecular weight excluding hydrogens is 262 g/mol. The van der Waals surface area contributed by atoms with E-state index in [2.05, 4.69) is 23.2 Å². The molecule has 1 N–H and O–H groups in total. The molecule has 0 unspecified atom stereocenters. The van der Waals surface area contributed by atoms with Gasteiger partial charge < -0.3 is 10.2 Å². The Morgan fingerprint density at radius 2 is 2.14 bits per heavy atom. The first-order valence-corrected chi connectivity index (χ1v) is 8.61. The largest absolute Gasteiger partial charge is 0.319 e. The van der Waals surface area contributed by atoms with Crippen molar-refractivity contribution in [2.24, 2.45) is 5.92 Å². The lowest BCUT2D eigenvalue weighted by atomic mass is 9.97. The Bertz CT molecular complexity index is 359. The molecule has 1 heterocycles. The van der Waals surface area contributed by atoms with Gasteiger partial charge in [-0.15, -0.1) is 0 Å². The van der Waals surface area contributed by atoms with Gasteiger partial charge in [-0.1, -0.05) is 6.08 Å². The summed E-state index contributed by atoms with van der Waals surface area (Å²) in [5.41, 5.74) is 1.26. The number of nitrogens with one attached hydrogen (secondary N) is 1. The summed E-state index contributed by atoms with van der Waals surface area (Å²) in [5, 5.41) is 3.26. The Hall–Kier alpha value is -0.870. The minimum Gasteiger partial charge on any atom is -0.319 e. The molecule has 0 saturated carbocycles. The number of amides is 1. The van der Waals surface area contributed by atoms with E-state index in [1.165, 1.54) is 31.4 Å². The standard InChI is InChI=1S/C17H31N3O/c1-3-20(16-7-5-4-6-8-16)17(21)14-19-11-9-15(10-12-19)13-18-2/h7,15,18H,3-6,8-14H2,1-2H3. The van der Waals surface area contributed by atoms with Crippen molar-refractivity contribution in [2.75, 3.05) is 39.8 Å². The fraction of sp³-hybridized carbons (Fsp3) is 0.824. The average molecular weight is 293 g/mol. The second-order valence-electron chi connectivity index (χ2n) is 6.36. The molecule has 0 spiro atoms. The molecule has 4 nitrogen and oxygen atoms in total. The van der Waals surface area contributed by atoms with Crippen LogP contribution in [-0.4, -0.2) is 55.5 Å². The van der Waals surface area contributed by atoms with Crippen LogP contribution < -0.4 is 5.32 Å². The maximum Gasteiger partial charge on any atom is 0.240 e. The summed E-state index contributed by atoms with van der Waals surface area (Å²) in [6.07, 6.45) is 9.40. The van der Waals surface area contributed by atoms with Gasteiger partial charge in [0.05, 0.1) is 6.54 Å². The maximum absolute atomic E-state index is 12.6. The second kappa shape index (κ2) is 8.54. The van der Waals surface area contributed by atoms with E-state index in [-0.39, 0.29) is 5.91 Å². The molecule has 21 heavy (non-hydrogen) atoms. The van der Waals surface area contributed by atoms with Crippen LogP contribution in [0.1, 0.15) is 45.4 Å². The first-order chi connectivity index (χ1) is 10.2. The molecule has 2 rings (SSSR count). The lowest BCUT2D eigenvalue weighted by Gasteiger charge is -2.34. The zero-order valence-corrected chi connectivity index (χ0v) is 13.7. The summed E-state index contributed by atoms with van der Waals surface area (Å²) in [5.74, 6) is 1.07. The minimum atomic E-state index is 0.290. The highest BCUT2D eigenvalue weighted by Gasteiger charge is 2.23. The predicted octanol–water partition coefficient (Wildman–Crippen LogP) is 2.22. The van der Waals surface area contributed by atoms with Crippen LogP contribution in [0.3, 0.4) is 0 Å². The number of rotatable bonds is 6. The van der Waals surface area contributed by atoms with Crippen LogP contribution in [0.5, 0.6) is 0 Å². The van der Waals surface area contributed by atoms with Crippen LogP contribution in [0.25, 0.3) is 0 Å². The smallest absolute Gasteiger partial charge is 0.240 e. The third kappa shape index (κ3) is 4.82. The van der Waals surface area contributed by atoms with E-state index in [1.807, 2.05) is 11.9 Å². The summed E-state index contributed by atoms with van der Waals surface area (Å²) < 4.78 is 0. The monoisotopic (exact) mass is 293 g/mol. The highest BCUT2D eigenvalue weighted by atomic mass is 16.2. The van der Waals surface area contributed by atoms with E-state index in [9.17, 15) is 4.79 Å². The molecule has 2 aliphatic rings. The second-order valence-corrected chi connectivity index (χ2v) is 6.36. The summed E-state index contributed by atoms with van der Waals surface area (Å²) in [6, 6.07) is 0. The number of piperidine rings is 1. The highest BCUT2D eigenvalue weighted by Crippen LogP contribution is 2.22. The van der Waals surface area contributed by atoms with Gasteiger partial charge in [0.15, 0.2) is 0 Å². The minimum absolute atomic E-state index is 0.290. The molecule has 0 radical (unpaired) electrons. The molecule has 1 aliphatic heterocycles. The van der Waals surface area contributed by atoms with Gasteiger partial charge >= 0.3 is 0 Å². The summed E-state index contributed by atoms with van der Waals surface area (Å²) >= 11 is 0. The normalized spacial score (nSPS) is 21.1. The van der Waals surface area contributed by atoms with Crippen LogP contribution >= 0.6 is 0 Å². The number of likely N-dealkylation sites (N-methyl/N-ethyl adjacent to an activating group) is 1. The maximum atomic E-state index is 12.6. The number of hydrogen-bond acceptors (Lipinski definition) is 3. The Labute approximate surface area is 129 Å². The third-order valence-corrected chi connectivity index (χ3v) is 4.79. The van der Waals surface area contributed by atoms with Crippen LogP contribution in [0.4, 0.5) is 0 Å². The predicted molar refractivity (Wildman–Crippen MR) is 87.0 cm³/mol. The number of likely N-dealkylation sites (tertiary alicyclic amines) is 1. The van der Waals surface area contributed by atoms with Crippen LogP contribution in [0.2, 0.25) is 0 Å². The first kappa shape index (κ1) is 16.5. The first-order valence-electron chi connectivity index (χ1n) is 8.61. The molecule has 120 valence electrons. The number of allylic oxidation sites excluding steroid dienone is 2. The molecule has 4 heteroatoms. The Morgan fingerprint density at radius 3 is 2.71 bits per heavy atom. The van der Waals surface area contributed by atoms with Crippen molar-refractivity contribution in [3.8, 4) is 0 Å². The summed E-state index contributed by atoms with van der Waals surface area (Å²) in [4.78, 5) is 16.9. The van der Waals surface area contributed by atoms with E-state index in [4.69, 9.17) is 0 Å². The summed E-state index contributed by atoms with van der Waals surface area (Å²) in [6.45, 7) is 6.73. The number of nitrogens with zero attached hydrogens (tertiary/aromatic N) is 2. The van der Waals surface area contributed by atoms with Gasteiger partial charge in [0, 0.05) is 12.2 Å². The Morgan fingerprint density at radius 1 is 1.38 bits per heavy atom. The molecular formula is C17H31N3O. The molecule has 1 saturated heterocycles. The SMILES string of the molecule is CCN(C(=O)CN1CCC(CNC)CC1)C1=CCCCC1. The molecule has 1 amide bonds. The van der Waals surface area contributed by atoms with E-state index < -0.39 is 0 Å². The molecule has 1 aliphatic carbocycles. The van der Waals surface area contributed by atoms with Gasteiger partial charge in [0.2, 0.25) is 5.91 Å². The van der Waals surface area contributed by atoms with Crippen molar-refractivity contribution in [1.82, 2.24) is 15.1 Å². The molecule has 1 fully saturated rings. The van der Waals surface area contributed by atoms with Crippen molar-refractivity contribution in [2.45, 2.75) is 45.4 Å². The van der Waals surface area contributed by atoms with Crippen molar-refractivity contribution < 1.29 is 4.79 Å². The van der Waals surface area contributed by atoms with Gasteiger partial charge in [0.25, 0.3) is 0 Å². The summed E-state index contributed by atoms with van der Waals surface area (Å²) in [7, 11) is 2.02.